The number of hydrogen-bond donors (Lipinski definition) is 0. The molecule has 0 unspecified atom stereocenters. The molecule has 1 aliphatic carbocycles. The van der Waals surface area contributed by atoms with Crippen LogP contribution in [0.5, 0.6) is 0 Å². The third-order valence-corrected chi connectivity index (χ3v) is 4.52. The Morgan fingerprint density at radius 1 is 1.10 bits per heavy atom. The normalized spacial score (nSPS) is 15.5. The van der Waals surface area contributed by atoms with Crippen LogP contribution in [-0.4, -0.2) is 29.3 Å². The van der Waals surface area contributed by atoms with Gasteiger partial charge in [-0.25, -0.2) is 0 Å². The molecule has 0 heterocycles. The standard InChI is InChI=1S/C18H20ClNO/c19-11-12-20(17-7-3-4-8-17)18(21)16-10-9-14-5-1-2-6-15(14)13-16/h1-2,5-6,9-10,13,17H,3-4,7-8,11-12H2. The molecule has 0 atom stereocenters. The van der Waals surface area contributed by atoms with Gasteiger partial charge in [0.1, 0.15) is 0 Å². The van der Waals surface area contributed by atoms with E-state index in [-0.39, 0.29) is 5.91 Å². The van der Waals surface area contributed by atoms with E-state index in [1.54, 1.807) is 0 Å². The highest BCUT2D eigenvalue weighted by Gasteiger charge is 2.26. The van der Waals surface area contributed by atoms with Crippen molar-refractivity contribution in [3.8, 4) is 0 Å². The molecule has 1 aliphatic rings. The lowest BCUT2D eigenvalue weighted by atomic mass is 10.1. The summed E-state index contributed by atoms with van der Waals surface area (Å²) in [5.74, 6) is 0.615. The van der Waals surface area contributed by atoms with E-state index < -0.39 is 0 Å². The van der Waals surface area contributed by atoms with Crippen LogP contribution in [0.3, 0.4) is 0 Å². The summed E-state index contributed by atoms with van der Waals surface area (Å²) in [5, 5.41) is 2.28. The summed E-state index contributed by atoms with van der Waals surface area (Å²) < 4.78 is 0. The molecule has 1 fully saturated rings. The predicted molar refractivity (Wildman–Crippen MR) is 88.0 cm³/mol. The van der Waals surface area contributed by atoms with Crippen molar-refractivity contribution in [1.29, 1.82) is 0 Å². The molecule has 0 spiro atoms. The first-order valence-corrected chi connectivity index (χ1v) is 8.19. The Labute approximate surface area is 130 Å². The third kappa shape index (κ3) is 3.06. The number of carbonyl (C=O) groups is 1. The molecule has 3 rings (SSSR count). The summed E-state index contributed by atoms with van der Waals surface area (Å²) in [6, 6.07) is 14.4. The fourth-order valence-corrected chi connectivity index (χ4v) is 3.43. The van der Waals surface area contributed by atoms with Crippen molar-refractivity contribution in [2.24, 2.45) is 0 Å². The van der Waals surface area contributed by atoms with E-state index in [9.17, 15) is 4.79 Å². The van der Waals surface area contributed by atoms with Gasteiger partial charge in [-0.1, -0.05) is 43.2 Å². The zero-order valence-electron chi connectivity index (χ0n) is 12.1. The second kappa shape index (κ2) is 6.48. The first-order valence-electron chi connectivity index (χ1n) is 7.65. The predicted octanol–water partition coefficient (Wildman–Crippen LogP) is 4.46. The highest BCUT2D eigenvalue weighted by atomic mass is 35.5. The summed E-state index contributed by atoms with van der Waals surface area (Å²) in [6.45, 7) is 0.637. The van der Waals surface area contributed by atoms with Gasteiger partial charge in [-0.05, 0) is 35.7 Å². The van der Waals surface area contributed by atoms with Crippen LogP contribution in [0.2, 0.25) is 0 Å². The maximum atomic E-state index is 12.8. The number of rotatable bonds is 4. The molecule has 3 heteroatoms. The van der Waals surface area contributed by atoms with E-state index in [4.69, 9.17) is 11.6 Å². The van der Waals surface area contributed by atoms with Crippen LogP contribution in [-0.2, 0) is 0 Å². The minimum atomic E-state index is 0.119. The van der Waals surface area contributed by atoms with Crippen LogP contribution < -0.4 is 0 Å². The fourth-order valence-electron chi connectivity index (χ4n) is 3.25. The average molecular weight is 302 g/mol. The molecular formula is C18H20ClNO. The van der Waals surface area contributed by atoms with E-state index in [2.05, 4.69) is 6.07 Å². The van der Waals surface area contributed by atoms with Gasteiger partial charge in [-0.2, -0.15) is 0 Å². The van der Waals surface area contributed by atoms with Gasteiger partial charge in [-0.15, -0.1) is 11.6 Å². The lowest BCUT2D eigenvalue weighted by Crippen LogP contribution is -2.40. The minimum absolute atomic E-state index is 0.119. The third-order valence-electron chi connectivity index (χ3n) is 4.35. The highest BCUT2D eigenvalue weighted by Crippen LogP contribution is 2.25. The van der Waals surface area contributed by atoms with Crippen molar-refractivity contribution in [1.82, 2.24) is 4.90 Å². The number of hydrogen-bond acceptors (Lipinski definition) is 1. The number of fused-ring (bicyclic) bond motifs is 1. The lowest BCUT2D eigenvalue weighted by Gasteiger charge is -2.28. The van der Waals surface area contributed by atoms with Gasteiger partial charge in [0.2, 0.25) is 0 Å². The molecule has 1 saturated carbocycles. The number of amides is 1. The maximum absolute atomic E-state index is 12.8. The van der Waals surface area contributed by atoms with Gasteiger partial charge in [0, 0.05) is 24.0 Å². The molecule has 2 nitrogen and oxygen atoms in total. The summed E-state index contributed by atoms with van der Waals surface area (Å²) in [4.78, 5) is 14.8. The molecule has 21 heavy (non-hydrogen) atoms. The van der Waals surface area contributed by atoms with Crippen LogP contribution in [0, 0.1) is 0 Å². The summed E-state index contributed by atoms with van der Waals surface area (Å²) >= 11 is 5.91. The molecule has 2 aromatic rings. The monoisotopic (exact) mass is 301 g/mol. The van der Waals surface area contributed by atoms with Crippen molar-refractivity contribution in [3.05, 3.63) is 48.0 Å². The smallest absolute Gasteiger partial charge is 0.254 e. The molecule has 0 bridgehead atoms. The van der Waals surface area contributed by atoms with Gasteiger partial charge >= 0.3 is 0 Å². The quantitative estimate of drug-likeness (QED) is 0.763. The Bertz CT molecular complexity index is 634. The Kier molecular flexibility index (Phi) is 4.45. The Balaban J connectivity index is 1.89. The Morgan fingerprint density at radius 2 is 1.81 bits per heavy atom. The number of carbonyl (C=O) groups excluding carboxylic acids is 1. The topological polar surface area (TPSA) is 20.3 Å². The SMILES string of the molecule is O=C(c1ccc2ccccc2c1)N(CCCl)C1CCCC1. The summed E-state index contributed by atoms with van der Waals surface area (Å²) in [5.41, 5.74) is 0.769. The molecule has 0 saturated heterocycles. The van der Waals surface area contributed by atoms with Crippen LogP contribution in [0.4, 0.5) is 0 Å². The Hall–Kier alpha value is -1.54. The fraction of sp³-hybridized carbons (Fsp3) is 0.389. The molecule has 0 radical (unpaired) electrons. The lowest BCUT2D eigenvalue weighted by molar-refractivity contribution is 0.0695. The van der Waals surface area contributed by atoms with Crippen molar-refractivity contribution >= 4 is 28.3 Å². The molecule has 0 aromatic heterocycles. The summed E-state index contributed by atoms with van der Waals surface area (Å²) in [6.07, 6.45) is 4.65. The van der Waals surface area contributed by atoms with Gasteiger partial charge in [0.05, 0.1) is 0 Å². The van der Waals surface area contributed by atoms with Crippen molar-refractivity contribution in [3.63, 3.8) is 0 Å². The summed E-state index contributed by atoms with van der Waals surface area (Å²) in [7, 11) is 0. The van der Waals surface area contributed by atoms with Gasteiger partial charge in [0.15, 0.2) is 0 Å². The van der Waals surface area contributed by atoms with Gasteiger partial charge < -0.3 is 4.90 Å². The second-order valence-corrected chi connectivity index (χ2v) is 6.07. The van der Waals surface area contributed by atoms with Crippen LogP contribution in [0.25, 0.3) is 10.8 Å². The van der Waals surface area contributed by atoms with E-state index >= 15 is 0 Å². The van der Waals surface area contributed by atoms with E-state index in [0.29, 0.717) is 18.5 Å². The largest absolute Gasteiger partial charge is 0.334 e. The highest BCUT2D eigenvalue weighted by molar-refractivity contribution is 6.18. The molecule has 2 aromatic carbocycles. The maximum Gasteiger partial charge on any atom is 0.254 e. The first kappa shape index (κ1) is 14.4. The number of benzene rings is 2. The van der Waals surface area contributed by atoms with Crippen LogP contribution in [0.15, 0.2) is 42.5 Å². The van der Waals surface area contributed by atoms with Crippen LogP contribution >= 0.6 is 11.6 Å². The first-order chi connectivity index (χ1) is 10.3. The minimum Gasteiger partial charge on any atom is -0.334 e. The number of halogens is 1. The molecular weight excluding hydrogens is 282 g/mol. The number of alkyl halides is 1. The zero-order valence-corrected chi connectivity index (χ0v) is 12.9. The van der Waals surface area contributed by atoms with E-state index in [0.717, 1.165) is 23.8 Å². The van der Waals surface area contributed by atoms with Crippen molar-refractivity contribution < 1.29 is 4.79 Å². The molecule has 0 N–H and O–H groups in total. The van der Waals surface area contributed by atoms with Crippen LogP contribution in [0.1, 0.15) is 36.0 Å². The Morgan fingerprint density at radius 3 is 2.52 bits per heavy atom. The average Bonchev–Trinajstić information content (AvgIpc) is 3.05. The van der Waals surface area contributed by atoms with Crippen molar-refractivity contribution in [2.45, 2.75) is 31.7 Å². The van der Waals surface area contributed by atoms with E-state index in [1.807, 2.05) is 41.3 Å². The van der Waals surface area contributed by atoms with E-state index in [1.165, 1.54) is 18.2 Å². The zero-order chi connectivity index (χ0) is 14.7. The van der Waals surface area contributed by atoms with Crippen molar-refractivity contribution in [2.75, 3.05) is 12.4 Å². The molecule has 110 valence electrons. The molecule has 0 aliphatic heterocycles. The molecule has 1 amide bonds. The van der Waals surface area contributed by atoms with Gasteiger partial charge in [-0.3, -0.25) is 4.79 Å². The number of nitrogens with zero attached hydrogens (tertiary/aromatic N) is 1. The van der Waals surface area contributed by atoms with Gasteiger partial charge in [0.25, 0.3) is 5.91 Å². The second-order valence-electron chi connectivity index (χ2n) is 5.69.